The molecule has 0 spiro atoms. The number of hydrogen-bond donors (Lipinski definition) is 0. The largest absolute Gasteiger partial charge is 0.283 e. The molecule has 0 N–H and O–H groups in total. The molecule has 1 heterocycles. The quantitative estimate of drug-likeness (QED) is 0.463. The van der Waals surface area contributed by atoms with E-state index in [0.29, 0.717) is 10.1 Å². The number of nitro benzene ring substituents is 1. The fourth-order valence-electron chi connectivity index (χ4n) is 1.13. The molecular formula is C10H7N3O2S. The van der Waals surface area contributed by atoms with E-state index in [1.165, 1.54) is 17.8 Å². The standard InChI is InChI=1S/C10H7N3O2S/c14-13(15)8-4-1-2-5-9(8)16-10-11-6-3-7-12-10/h1-7H. The minimum Gasteiger partial charge on any atom is -0.258 e. The first-order chi connectivity index (χ1) is 7.77. The average Bonchev–Trinajstić information content (AvgIpc) is 2.31. The summed E-state index contributed by atoms with van der Waals surface area (Å²) in [5, 5.41) is 11.3. The second-order valence-corrected chi connectivity index (χ2v) is 3.87. The zero-order valence-electron chi connectivity index (χ0n) is 8.11. The molecule has 0 bridgehead atoms. The van der Waals surface area contributed by atoms with Crippen LogP contribution >= 0.6 is 11.8 Å². The molecule has 16 heavy (non-hydrogen) atoms. The second kappa shape index (κ2) is 4.71. The number of nitro groups is 1. The molecule has 0 aliphatic rings. The maximum Gasteiger partial charge on any atom is 0.283 e. The molecule has 2 aromatic rings. The summed E-state index contributed by atoms with van der Waals surface area (Å²) >= 11 is 1.18. The Hall–Kier alpha value is -1.95. The van der Waals surface area contributed by atoms with Crippen molar-refractivity contribution in [2.75, 3.05) is 0 Å². The normalized spacial score (nSPS) is 10.0. The number of hydrogen-bond acceptors (Lipinski definition) is 5. The Bertz CT molecular complexity index is 504. The maximum absolute atomic E-state index is 10.8. The molecule has 5 nitrogen and oxygen atoms in total. The number of rotatable bonds is 3. The summed E-state index contributed by atoms with van der Waals surface area (Å²) in [4.78, 5) is 18.9. The van der Waals surface area contributed by atoms with Crippen LogP contribution in [-0.2, 0) is 0 Å². The Morgan fingerprint density at radius 2 is 1.81 bits per heavy atom. The number of para-hydroxylation sites is 1. The number of benzene rings is 1. The molecular weight excluding hydrogens is 226 g/mol. The predicted molar refractivity (Wildman–Crippen MR) is 59.3 cm³/mol. The van der Waals surface area contributed by atoms with Crippen molar-refractivity contribution in [2.24, 2.45) is 0 Å². The van der Waals surface area contributed by atoms with Crippen LogP contribution in [0.3, 0.4) is 0 Å². The van der Waals surface area contributed by atoms with Crippen molar-refractivity contribution in [3.8, 4) is 0 Å². The molecule has 6 heteroatoms. The third-order valence-corrected chi connectivity index (χ3v) is 2.76. The van der Waals surface area contributed by atoms with Gasteiger partial charge < -0.3 is 0 Å². The van der Waals surface area contributed by atoms with Gasteiger partial charge in [-0.1, -0.05) is 12.1 Å². The van der Waals surface area contributed by atoms with Gasteiger partial charge in [-0.25, -0.2) is 9.97 Å². The van der Waals surface area contributed by atoms with Crippen LogP contribution in [-0.4, -0.2) is 14.9 Å². The highest BCUT2D eigenvalue weighted by Crippen LogP contribution is 2.31. The van der Waals surface area contributed by atoms with E-state index in [2.05, 4.69) is 9.97 Å². The van der Waals surface area contributed by atoms with Gasteiger partial charge in [-0.05, 0) is 23.9 Å². The molecule has 0 unspecified atom stereocenters. The Balaban J connectivity index is 2.31. The summed E-state index contributed by atoms with van der Waals surface area (Å²) < 4.78 is 0. The molecule has 2 rings (SSSR count). The fourth-order valence-corrected chi connectivity index (χ4v) is 1.95. The van der Waals surface area contributed by atoms with Crippen molar-refractivity contribution < 1.29 is 4.92 Å². The fraction of sp³-hybridized carbons (Fsp3) is 0. The molecule has 1 aromatic carbocycles. The second-order valence-electron chi connectivity index (χ2n) is 2.86. The van der Waals surface area contributed by atoms with Gasteiger partial charge in [0.15, 0.2) is 5.16 Å². The number of nitrogens with zero attached hydrogens (tertiary/aromatic N) is 3. The zero-order valence-corrected chi connectivity index (χ0v) is 8.92. The predicted octanol–water partition coefficient (Wildman–Crippen LogP) is 2.54. The van der Waals surface area contributed by atoms with E-state index in [1.807, 2.05) is 0 Å². The van der Waals surface area contributed by atoms with Crippen LogP contribution in [0.4, 0.5) is 5.69 Å². The van der Waals surface area contributed by atoms with Gasteiger partial charge in [-0.3, -0.25) is 10.1 Å². The topological polar surface area (TPSA) is 68.9 Å². The van der Waals surface area contributed by atoms with Crippen LogP contribution in [0.25, 0.3) is 0 Å². The summed E-state index contributed by atoms with van der Waals surface area (Å²) in [5.74, 6) is 0. The Kier molecular flexibility index (Phi) is 3.11. The minimum atomic E-state index is -0.411. The van der Waals surface area contributed by atoms with Crippen molar-refractivity contribution in [1.82, 2.24) is 9.97 Å². The smallest absolute Gasteiger partial charge is 0.258 e. The van der Waals surface area contributed by atoms with E-state index < -0.39 is 4.92 Å². The van der Waals surface area contributed by atoms with Crippen LogP contribution in [0, 0.1) is 10.1 Å². The summed E-state index contributed by atoms with van der Waals surface area (Å²) in [6, 6.07) is 8.22. The third-order valence-electron chi connectivity index (χ3n) is 1.81. The molecule has 0 saturated heterocycles. The highest BCUT2D eigenvalue weighted by molar-refractivity contribution is 7.99. The van der Waals surface area contributed by atoms with Crippen LogP contribution in [0.2, 0.25) is 0 Å². The lowest BCUT2D eigenvalue weighted by Gasteiger charge is -2.00. The highest BCUT2D eigenvalue weighted by Gasteiger charge is 2.14. The van der Waals surface area contributed by atoms with E-state index in [4.69, 9.17) is 0 Å². The molecule has 0 atom stereocenters. The van der Waals surface area contributed by atoms with Gasteiger partial charge in [-0.15, -0.1) is 0 Å². The molecule has 80 valence electrons. The summed E-state index contributed by atoms with van der Waals surface area (Å²) in [6.45, 7) is 0. The van der Waals surface area contributed by atoms with Gasteiger partial charge in [0.05, 0.1) is 9.82 Å². The van der Waals surface area contributed by atoms with Crippen LogP contribution in [0.5, 0.6) is 0 Å². The first kappa shape index (κ1) is 10.6. The van der Waals surface area contributed by atoms with Crippen molar-refractivity contribution in [3.63, 3.8) is 0 Å². The van der Waals surface area contributed by atoms with E-state index in [0.717, 1.165) is 0 Å². The van der Waals surface area contributed by atoms with Gasteiger partial charge in [-0.2, -0.15) is 0 Å². The van der Waals surface area contributed by atoms with Gasteiger partial charge >= 0.3 is 0 Å². The average molecular weight is 233 g/mol. The first-order valence-electron chi connectivity index (χ1n) is 4.45. The zero-order chi connectivity index (χ0) is 11.4. The molecule has 0 aliphatic carbocycles. The summed E-state index contributed by atoms with van der Waals surface area (Å²) in [7, 11) is 0. The Labute approximate surface area is 95.7 Å². The van der Waals surface area contributed by atoms with Gasteiger partial charge in [0.2, 0.25) is 0 Å². The summed E-state index contributed by atoms with van der Waals surface area (Å²) in [6.07, 6.45) is 3.20. The molecule has 0 aliphatic heterocycles. The number of aromatic nitrogens is 2. The van der Waals surface area contributed by atoms with Crippen LogP contribution < -0.4 is 0 Å². The van der Waals surface area contributed by atoms with Gasteiger partial charge in [0.1, 0.15) is 0 Å². The lowest BCUT2D eigenvalue weighted by atomic mass is 10.3. The lowest BCUT2D eigenvalue weighted by molar-refractivity contribution is -0.387. The van der Waals surface area contributed by atoms with Crippen molar-refractivity contribution in [1.29, 1.82) is 0 Å². The van der Waals surface area contributed by atoms with Gasteiger partial charge in [0, 0.05) is 18.5 Å². The van der Waals surface area contributed by atoms with Crippen molar-refractivity contribution in [2.45, 2.75) is 10.1 Å². The highest BCUT2D eigenvalue weighted by atomic mass is 32.2. The van der Waals surface area contributed by atoms with E-state index in [9.17, 15) is 10.1 Å². The molecule has 0 saturated carbocycles. The lowest BCUT2D eigenvalue weighted by Crippen LogP contribution is -1.91. The first-order valence-corrected chi connectivity index (χ1v) is 5.27. The van der Waals surface area contributed by atoms with E-state index >= 15 is 0 Å². The maximum atomic E-state index is 10.8. The minimum absolute atomic E-state index is 0.0694. The SMILES string of the molecule is O=[N+]([O-])c1ccccc1Sc1ncccn1. The van der Waals surface area contributed by atoms with E-state index in [-0.39, 0.29) is 5.69 Å². The monoisotopic (exact) mass is 233 g/mol. The van der Waals surface area contributed by atoms with E-state index in [1.54, 1.807) is 36.7 Å². The van der Waals surface area contributed by atoms with Crippen LogP contribution in [0.1, 0.15) is 0 Å². The molecule has 1 aromatic heterocycles. The Morgan fingerprint density at radius 3 is 2.50 bits per heavy atom. The Morgan fingerprint density at radius 1 is 1.12 bits per heavy atom. The van der Waals surface area contributed by atoms with Crippen molar-refractivity contribution in [3.05, 3.63) is 52.8 Å². The third kappa shape index (κ3) is 2.34. The van der Waals surface area contributed by atoms with Crippen molar-refractivity contribution >= 4 is 17.4 Å². The molecule has 0 fully saturated rings. The van der Waals surface area contributed by atoms with Gasteiger partial charge in [0.25, 0.3) is 5.69 Å². The molecule has 0 amide bonds. The summed E-state index contributed by atoms with van der Waals surface area (Å²) in [5.41, 5.74) is 0.0694. The van der Waals surface area contributed by atoms with Crippen LogP contribution in [0.15, 0.2) is 52.8 Å². The molecule has 0 radical (unpaired) electrons.